The van der Waals surface area contributed by atoms with Gasteiger partial charge in [0, 0.05) is 56.1 Å². The molecule has 4 nitrogen and oxygen atoms in total. The molecular weight excluding hydrogens is 524 g/mol. The van der Waals surface area contributed by atoms with Gasteiger partial charge >= 0.3 is 0 Å². The van der Waals surface area contributed by atoms with Crippen molar-refractivity contribution < 1.29 is 0 Å². The monoisotopic (exact) mass is 548 g/mol. The van der Waals surface area contributed by atoms with E-state index in [0.717, 1.165) is 22.5 Å². The van der Waals surface area contributed by atoms with Crippen LogP contribution in [0.5, 0.6) is 0 Å². The van der Waals surface area contributed by atoms with E-state index in [1.165, 1.54) is 59.8 Å². The molecule has 0 fully saturated rings. The van der Waals surface area contributed by atoms with Gasteiger partial charge in [-0.2, -0.15) is 0 Å². The first kappa shape index (κ1) is 22.8. The molecule has 0 spiro atoms. The van der Waals surface area contributed by atoms with Gasteiger partial charge in [-0.25, -0.2) is 4.98 Å². The number of pyridine rings is 1. The summed E-state index contributed by atoms with van der Waals surface area (Å²) in [7, 11) is 0. The van der Waals surface area contributed by atoms with Crippen molar-refractivity contribution in [1.29, 1.82) is 0 Å². The van der Waals surface area contributed by atoms with Crippen LogP contribution in [-0.4, -0.2) is 18.5 Å². The number of fused-ring (bicyclic) bond motifs is 14. The Morgan fingerprint density at radius 2 is 1.00 bits per heavy atom. The molecule has 6 aromatic carbocycles. The Kier molecular flexibility index (Phi) is 4.42. The van der Waals surface area contributed by atoms with Gasteiger partial charge < -0.3 is 9.13 Å². The van der Waals surface area contributed by atoms with Crippen LogP contribution in [0.4, 0.5) is 0 Å². The van der Waals surface area contributed by atoms with Crippen molar-refractivity contribution in [3.05, 3.63) is 146 Å². The van der Waals surface area contributed by atoms with Gasteiger partial charge in [0.25, 0.3) is 0 Å². The summed E-state index contributed by atoms with van der Waals surface area (Å²) in [6.45, 7) is 0. The second-order valence-electron chi connectivity index (χ2n) is 11.2. The van der Waals surface area contributed by atoms with E-state index in [1.807, 2.05) is 6.20 Å². The topological polar surface area (TPSA) is 27.2 Å². The fourth-order valence-electron chi connectivity index (χ4n) is 7.40. The quantitative estimate of drug-likeness (QED) is 0.198. The Labute approximate surface area is 246 Å². The van der Waals surface area contributed by atoms with Crippen molar-refractivity contribution in [2.24, 2.45) is 0 Å². The highest BCUT2D eigenvalue weighted by Gasteiger charge is 2.22. The molecule has 10 rings (SSSR count). The lowest BCUT2D eigenvalue weighted by Crippen LogP contribution is -1.97. The van der Waals surface area contributed by atoms with E-state index >= 15 is 0 Å². The standard InChI is InChI=1S/C39H24N4/c1-3-11-25(12-4-1)42-32-18-10-8-16-29(32)35-34(42)22-20-30-36-33(41-24-23-40-39(41)37(30)35)21-19-28-27-15-7-9-17-31(27)43(38(28)36)26-13-5-2-6-14-26/h1-24H. The van der Waals surface area contributed by atoms with Crippen molar-refractivity contribution in [2.75, 3.05) is 0 Å². The Balaban J connectivity index is 1.51. The second kappa shape index (κ2) is 8.34. The molecule has 4 heteroatoms. The fraction of sp³-hybridized carbons (Fsp3) is 0. The molecule has 0 bridgehead atoms. The highest BCUT2D eigenvalue weighted by molar-refractivity contribution is 6.33. The van der Waals surface area contributed by atoms with Crippen molar-refractivity contribution in [2.45, 2.75) is 0 Å². The maximum atomic E-state index is 4.99. The normalized spacial score (nSPS) is 12.2. The van der Waals surface area contributed by atoms with Crippen LogP contribution in [-0.2, 0) is 0 Å². The minimum Gasteiger partial charge on any atom is -0.309 e. The number of hydrogen-bond acceptors (Lipinski definition) is 1. The average Bonchev–Trinajstić information content (AvgIpc) is 3.78. The number of imidazole rings is 1. The van der Waals surface area contributed by atoms with E-state index in [0.29, 0.717) is 0 Å². The molecular formula is C39H24N4. The molecule has 0 aliphatic heterocycles. The maximum absolute atomic E-state index is 4.99. The van der Waals surface area contributed by atoms with Gasteiger partial charge in [0.1, 0.15) is 5.65 Å². The number of para-hydroxylation sites is 4. The molecule has 0 N–H and O–H groups in total. The molecule has 0 amide bonds. The minimum atomic E-state index is 0.978. The zero-order chi connectivity index (χ0) is 28.1. The van der Waals surface area contributed by atoms with E-state index in [2.05, 4.69) is 153 Å². The average molecular weight is 549 g/mol. The molecule has 10 aromatic rings. The summed E-state index contributed by atoms with van der Waals surface area (Å²) < 4.78 is 7.10. The molecule has 0 atom stereocenters. The second-order valence-corrected chi connectivity index (χ2v) is 11.2. The number of aromatic nitrogens is 4. The van der Waals surface area contributed by atoms with Crippen molar-refractivity contribution in [1.82, 2.24) is 18.5 Å². The number of nitrogens with zero attached hydrogens (tertiary/aromatic N) is 4. The van der Waals surface area contributed by atoms with E-state index in [4.69, 9.17) is 4.98 Å². The van der Waals surface area contributed by atoms with Crippen LogP contribution in [0, 0.1) is 0 Å². The van der Waals surface area contributed by atoms with Gasteiger partial charge in [0.15, 0.2) is 0 Å². The van der Waals surface area contributed by atoms with Gasteiger partial charge in [-0.1, -0.05) is 84.9 Å². The molecule has 43 heavy (non-hydrogen) atoms. The molecule has 0 unspecified atom stereocenters. The first-order valence-corrected chi connectivity index (χ1v) is 14.7. The Morgan fingerprint density at radius 3 is 1.77 bits per heavy atom. The van der Waals surface area contributed by atoms with Crippen molar-refractivity contribution >= 4 is 70.9 Å². The van der Waals surface area contributed by atoms with Gasteiger partial charge in [-0.15, -0.1) is 0 Å². The van der Waals surface area contributed by atoms with E-state index < -0.39 is 0 Å². The summed E-state index contributed by atoms with van der Waals surface area (Å²) in [5.74, 6) is 0. The van der Waals surface area contributed by atoms with E-state index in [1.54, 1.807) is 0 Å². The van der Waals surface area contributed by atoms with Gasteiger partial charge in [-0.05, 0) is 53.9 Å². The highest BCUT2D eigenvalue weighted by atomic mass is 15.0. The minimum absolute atomic E-state index is 0.978. The summed E-state index contributed by atoms with van der Waals surface area (Å²) in [6.07, 6.45) is 4.04. The smallest absolute Gasteiger partial charge is 0.145 e. The van der Waals surface area contributed by atoms with Crippen LogP contribution in [0.2, 0.25) is 0 Å². The van der Waals surface area contributed by atoms with Gasteiger partial charge in [-0.3, -0.25) is 4.40 Å². The molecule has 0 aliphatic rings. The summed E-state index contributed by atoms with van der Waals surface area (Å²) in [5.41, 5.74) is 9.23. The maximum Gasteiger partial charge on any atom is 0.145 e. The lowest BCUT2D eigenvalue weighted by atomic mass is 9.99. The Hall–Kier alpha value is -5.87. The van der Waals surface area contributed by atoms with Gasteiger partial charge in [0.2, 0.25) is 0 Å². The van der Waals surface area contributed by atoms with Gasteiger partial charge in [0.05, 0.1) is 27.6 Å². The van der Waals surface area contributed by atoms with Crippen LogP contribution in [0.15, 0.2) is 146 Å². The molecule has 4 heterocycles. The SMILES string of the molecule is c1ccc(-n2c3ccccc3c3c4c(ccc32)c2c3c(ccc2n2ccnc42)c2ccccc2n3-c2ccccc2)cc1. The van der Waals surface area contributed by atoms with Crippen LogP contribution in [0.1, 0.15) is 0 Å². The first-order valence-electron chi connectivity index (χ1n) is 14.7. The predicted molar refractivity (Wildman–Crippen MR) is 179 cm³/mol. The molecule has 0 saturated carbocycles. The summed E-state index contributed by atoms with van der Waals surface area (Å²) >= 11 is 0. The third-order valence-corrected chi connectivity index (χ3v) is 9.08. The molecule has 0 radical (unpaired) electrons. The third-order valence-electron chi connectivity index (χ3n) is 9.08. The first-order chi connectivity index (χ1) is 21.4. The Morgan fingerprint density at radius 1 is 0.395 bits per heavy atom. The molecule has 0 saturated heterocycles. The predicted octanol–water partition coefficient (Wildman–Crippen LogP) is 9.83. The molecule has 0 aliphatic carbocycles. The van der Waals surface area contributed by atoms with E-state index in [9.17, 15) is 0 Å². The van der Waals surface area contributed by atoms with E-state index in [-0.39, 0.29) is 0 Å². The molecule has 4 aromatic heterocycles. The third kappa shape index (κ3) is 2.92. The zero-order valence-electron chi connectivity index (χ0n) is 23.1. The summed E-state index contributed by atoms with van der Waals surface area (Å²) in [6, 6.07) is 48.1. The van der Waals surface area contributed by atoms with Crippen molar-refractivity contribution in [3.63, 3.8) is 0 Å². The highest BCUT2D eigenvalue weighted by Crippen LogP contribution is 2.44. The number of rotatable bonds is 2. The largest absolute Gasteiger partial charge is 0.309 e. The lowest BCUT2D eigenvalue weighted by Gasteiger charge is -2.14. The fourth-order valence-corrected chi connectivity index (χ4v) is 7.40. The van der Waals surface area contributed by atoms with Crippen LogP contribution in [0.3, 0.4) is 0 Å². The van der Waals surface area contributed by atoms with Crippen LogP contribution >= 0.6 is 0 Å². The molecule has 200 valence electrons. The van der Waals surface area contributed by atoms with Crippen LogP contribution in [0.25, 0.3) is 82.3 Å². The number of hydrogen-bond donors (Lipinski definition) is 0. The zero-order valence-corrected chi connectivity index (χ0v) is 23.1. The summed E-state index contributed by atoms with van der Waals surface area (Å²) in [4.78, 5) is 4.99. The Bertz CT molecular complexity index is 2710. The van der Waals surface area contributed by atoms with Crippen molar-refractivity contribution in [3.8, 4) is 11.4 Å². The lowest BCUT2D eigenvalue weighted by molar-refractivity contribution is 1.18. The van der Waals surface area contributed by atoms with Crippen LogP contribution < -0.4 is 0 Å². The summed E-state index contributed by atoms with van der Waals surface area (Å²) in [5, 5.41) is 8.59. The number of benzene rings is 6.